The Morgan fingerprint density at radius 3 is 1.74 bits per heavy atom. The van der Waals surface area contributed by atoms with E-state index in [0.29, 0.717) is 10.8 Å². The maximum Gasteiger partial charge on any atom is 0.419 e. The van der Waals surface area contributed by atoms with Crippen molar-refractivity contribution in [3.8, 4) is 5.88 Å². The van der Waals surface area contributed by atoms with Crippen LogP contribution in [-0.2, 0) is 12.4 Å². The SMILES string of the molecule is COc1ncnc2c(C(F)(F)F)c3ccccc3cc12.O=c1[nH]cnc2c(C(F)(F)F)c3ccccc3cc12. The highest BCUT2D eigenvalue weighted by Crippen LogP contribution is 2.41. The number of hydrogen-bond acceptors (Lipinski definition) is 5. The molecule has 12 heteroatoms. The summed E-state index contributed by atoms with van der Waals surface area (Å²) < 4.78 is 84.9. The van der Waals surface area contributed by atoms with Crippen LogP contribution in [0.5, 0.6) is 5.88 Å². The lowest BCUT2D eigenvalue weighted by Gasteiger charge is -2.14. The zero-order valence-corrected chi connectivity index (χ0v) is 19.9. The van der Waals surface area contributed by atoms with E-state index >= 15 is 0 Å². The molecule has 0 fully saturated rings. The molecular weight excluding hydrogens is 526 g/mol. The molecule has 0 amide bonds. The van der Waals surface area contributed by atoms with Gasteiger partial charge in [0.25, 0.3) is 5.56 Å². The van der Waals surface area contributed by atoms with Crippen LogP contribution >= 0.6 is 0 Å². The Hall–Kier alpha value is -4.74. The van der Waals surface area contributed by atoms with Gasteiger partial charge in [-0.05, 0) is 33.7 Å². The lowest BCUT2D eigenvalue weighted by atomic mass is 10.0. The molecule has 0 aliphatic carbocycles. The van der Waals surface area contributed by atoms with E-state index in [2.05, 4.69) is 19.9 Å². The molecule has 0 aliphatic rings. The number of ether oxygens (including phenoxy) is 1. The molecule has 6 rings (SSSR count). The first-order chi connectivity index (χ1) is 18.5. The molecule has 0 unspecified atom stereocenters. The molecule has 6 nitrogen and oxygen atoms in total. The van der Waals surface area contributed by atoms with E-state index in [1.807, 2.05) is 0 Å². The molecule has 6 aromatic rings. The second-order valence-corrected chi connectivity index (χ2v) is 8.35. The van der Waals surface area contributed by atoms with Crippen LogP contribution in [0.4, 0.5) is 26.3 Å². The van der Waals surface area contributed by atoms with Crippen LogP contribution in [0, 0.1) is 0 Å². The van der Waals surface area contributed by atoms with Crippen molar-refractivity contribution < 1.29 is 31.1 Å². The molecule has 0 radical (unpaired) electrons. The average molecular weight is 542 g/mol. The Kier molecular flexibility index (Phi) is 6.33. The monoisotopic (exact) mass is 542 g/mol. The van der Waals surface area contributed by atoms with Gasteiger partial charge >= 0.3 is 12.4 Å². The summed E-state index contributed by atoms with van der Waals surface area (Å²) >= 11 is 0. The number of nitrogens with one attached hydrogen (secondary N) is 1. The Bertz CT molecular complexity index is 1920. The number of aromatic amines is 1. The predicted octanol–water partition coefficient (Wildman–Crippen LogP) is 6.91. The number of H-pyrrole nitrogens is 1. The highest BCUT2D eigenvalue weighted by molar-refractivity contribution is 6.03. The number of alkyl halides is 6. The first kappa shape index (κ1) is 25.9. The molecule has 39 heavy (non-hydrogen) atoms. The largest absolute Gasteiger partial charge is 0.480 e. The van der Waals surface area contributed by atoms with Gasteiger partial charge in [-0.1, -0.05) is 48.5 Å². The summed E-state index contributed by atoms with van der Waals surface area (Å²) in [4.78, 5) is 25.3. The fourth-order valence-corrected chi connectivity index (χ4v) is 4.46. The van der Waals surface area contributed by atoms with Crippen LogP contribution in [0.3, 0.4) is 0 Å². The first-order valence-corrected chi connectivity index (χ1v) is 11.2. The van der Waals surface area contributed by atoms with E-state index in [9.17, 15) is 31.1 Å². The van der Waals surface area contributed by atoms with Gasteiger partial charge in [-0.3, -0.25) is 4.79 Å². The Morgan fingerprint density at radius 2 is 1.21 bits per heavy atom. The number of hydrogen-bond donors (Lipinski definition) is 1. The second kappa shape index (κ2) is 9.53. The smallest absolute Gasteiger partial charge is 0.419 e. The summed E-state index contributed by atoms with van der Waals surface area (Å²) in [5.41, 5.74) is -2.68. The summed E-state index contributed by atoms with van der Waals surface area (Å²) in [6.07, 6.45) is -7.02. The van der Waals surface area contributed by atoms with Gasteiger partial charge in [0.1, 0.15) is 6.33 Å². The zero-order valence-electron chi connectivity index (χ0n) is 19.9. The summed E-state index contributed by atoms with van der Waals surface area (Å²) in [7, 11) is 1.37. The Morgan fingerprint density at radius 1 is 0.692 bits per heavy atom. The third-order valence-corrected chi connectivity index (χ3v) is 6.03. The highest BCUT2D eigenvalue weighted by atomic mass is 19.4. The van der Waals surface area contributed by atoms with E-state index in [1.54, 1.807) is 30.3 Å². The van der Waals surface area contributed by atoms with Crippen molar-refractivity contribution in [1.82, 2.24) is 19.9 Å². The summed E-state index contributed by atoms with van der Waals surface area (Å²) in [6.45, 7) is 0. The van der Waals surface area contributed by atoms with Crippen LogP contribution in [-0.4, -0.2) is 27.0 Å². The van der Waals surface area contributed by atoms with E-state index < -0.39 is 29.0 Å². The van der Waals surface area contributed by atoms with Gasteiger partial charge in [0, 0.05) is 0 Å². The van der Waals surface area contributed by atoms with Crippen LogP contribution in [0.25, 0.3) is 43.4 Å². The number of rotatable bonds is 1. The Balaban J connectivity index is 0.000000158. The van der Waals surface area contributed by atoms with Crippen molar-refractivity contribution in [2.75, 3.05) is 7.11 Å². The minimum absolute atomic E-state index is 0.0422. The topological polar surface area (TPSA) is 80.8 Å². The standard InChI is InChI=1S/C14H9F3N2O.C13H7F3N2O/c1-20-13-10-6-8-4-2-3-5-9(8)11(14(15,16)17)12(10)18-7-19-13;14-13(15,16)10-8-4-2-1-3-7(8)5-9-11(10)17-6-18-12(9)19/h2-7H,1H3;1-6H,(H,17,18,19). The third-order valence-electron chi connectivity index (χ3n) is 6.03. The number of nitrogens with zero attached hydrogens (tertiary/aromatic N) is 3. The number of fused-ring (bicyclic) bond motifs is 4. The van der Waals surface area contributed by atoms with Gasteiger partial charge in [-0.2, -0.15) is 26.3 Å². The molecular formula is C27H16F6N4O2. The molecule has 4 aromatic carbocycles. The maximum atomic E-state index is 13.4. The molecule has 198 valence electrons. The average Bonchev–Trinajstić information content (AvgIpc) is 2.89. The van der Waals surface area contributed by atoms with Gasteiger partial charge in [0.15, 0.2) is 0 Å². The van der Waals surface area contributed by atoms with E-state index in [0.717, 1.165) is 12.7 Å². The second-order valence-electron chi connectivity index (χ2n) is 8.35. The van der Waals surface area contributed by atoms with Crippen LogP contribution in [0.1, 0.15) is 11.1 Å². The van der Waals surface area contributed by atoms with Gasteiger partial charge in [-0.25, -0.2) is 15.0 Å². The van der Waals surface area contributed by atoms with Crippen molar-refractivity contribution in [1.29, 1.82) is 0 Å². The molecule has 0 saturated heterocycles. The molecule has 0 aliphatic heterocycles. The number of halogens is 6. The molecule has 0 bridgehead atoms. The van der Waals surface area contributed by atoms with Gasteiger partial charge in [0.05, 0.1) is 46.4 Å². The molecule has 2 heterocycles. The summed E-state index contributed by atoms with van der Waals surface area (Å²) in [5.74, 6) is 0.131. The minimum Gasteiger partial charge on any atom is -0.480 e. The minimum atomic E-state index is -4.57. The predicted molar refractivity (Wildman–Crippen MR) is 133 cm³/mol. The highest BCUT2D eigenvalue weighted by Gasteiger charge is 2.37. The first-order valence-electron chi connectivity index (χ1n) is 11.2. The fraction of sp³-hybridized carbons (Fsp3) is 0.111. The van der Waals surface area contributed by atoms with Crippen LogP contribution < -0.4 is 10.3 Å². The van der Waals surface area contributed by atoms with Crippen LogP contribution in [0.2, 0.25) is 0 Å². The van der Waals surface area contributed by atoms with Crippen molar-refractivity contribution in [3.63, 3.8) is 0 Å². The van der Waals surface area contributed by atoms with Crippen molar-refractivity contribution in [2.45, 2.75) is 12.4 Å². The van der Waals surface area contributed by atoms with Crippen molar-refractivity contribution >= 4 is 43.4 Å². The molecule has 0 atom stereocenters. The van der Waals surface area contributed by atoms with Gasteiger partial charge in [-0.15, -0.1) is 0 Å². The number of benzene rings is 4. The van der Waals surface area contributed by atoms with Crippen molar-refractivity contribution in [2.24, 2.45) is 0 Å². The Labute approximate surface area is 214 Å². The molecule has 2 aromatic heterocycles. The molecule has 0 spiro atoms. The van der Waals surface area contributed by atoms with Crippen LogP contribution in [0.15, 0.2) is 78.1 Å². The maximum absolute atomic E-state index is 13.4. The fourth-order valence-electron chi connectivity index (χ4n) is 4.46. The zero-order chi connectivity index (χ0) is 27.9. The molecule has 0 saturated carbocycles. The number of methoxy groups -OCH3 is 1. The summed E-state index contributed by atoms with van der Waals surface area (Å²) in [6, 6.07) is 15.4. The van der Waals surface area contributed by atoms with E-state index in [-0.39, 0.29) is 38.5 Å². The third kappa shape index (κ3) is 4.69. The van der Waals surface area contributed by atoms with E-state index in [4.69, 9.17) is 4.74 Å². The lowest BCUT2D eigenvalue weighted by Crippen LogP contribution is -2.13. The quantitative estimate of drug-likeness (QED) is 0.181. The lowest BCUT2D eigenvalue weighted by molar-refractivity contribution is -0.136. The van der Waals surface area contributed by atoms with Crippen molar-refractivity contribution in [3.05, 3.63) is 94.8 Å². The van der Waals surface area contributed by atoms with Gasteiger partial charge in [0.2, 0.25) is 5.88 Å². The normalized spacial score (nSPS) is 12.1. The van der Waals surface area contributed by atoms with E-state index in [1.165, 1.54) is 37.4 Å². The molecule has 1 N–H and O–H groups in total. The van der Waals surface area contributed by atoms with Gasteiger partial charge < -0.3 is 9.72 Å². The number of aromatic nitrogens is 4. The summed E-state index contributed by atoms with van der Waals surface area (Å²) in [5, 5.41) is 1.18.